The van der Waals surface area contributed by atoms with Gasteiger partial charge in [-0.15, -0.1) is 0 Å². The second-order valence-electron chi connectivity index (χ2n) is 5.43. The summed E-state index contributed by atoms with van der Waals surface area (Å²) in [6, 6.07) is 8.77. The van der Waals surface area contributed by atoms with Gasteiger partial charge in [-0.1, -0.05) is 18.6 Å². The molecule has 1 aliphatic heterocycles. The lowest BCUT2D eigenvalue weighted by atomic mass is 9.57. The minimum atomic E-state index is 0.468. The van der Waals surface area contributed by atoms with Crippen LogP contribution in [0.15, 0.2) is 24.3 Å². The van der Waals surface area contributed by atoms with E-state index in [-0.39, 0.29) is 0 Å². The number of hydrogen-bond donors (Lipinski definition) is 1. The third kappa shape index (κ3) is 1.75. The third-order valence-electron chi connectivity index (χ3n) is 4.75. The van der Waals surface area contributed by atoms with E-state index in [1.165, 1.54) is 44.3 Å². The Morgan fingerprint density at radius 2 is 2.00 bits per heavy atom. The van der Waals surface area contributed by atoms with E-state index in [0.29, 0.717) is 5.41 Å². The second-order valence-corrected chi connectivity index (χ2v) is 5.43. The highest BCUT2D eigenvalue weighted by Crippen LogP contribution is 2.51. The van der Waals surface area contributed by atoms with Crippen LogP contribution < -0.4 is 10.1 Å². The third-order valence-corrected chi connectivity index (χ3v) is 4.75. The molecule has 0 bridgehead atoms. The predicted molar refractivity (Wildman–Crippen MR) is 69.5 cm³/mol. The van der Waals surface area contributed by atoms with Gasteiger partial charge in [-0.3, -0.25) is 0 Å². The molecule has 2 nitrogen and oxygen atoms in total. The Morgan fingerprint density at radius 1 is 1.24 bits per heavy atom. The Bertz CT molecular complexity index is 374. The molecule has 1 aliphatic carbocycles. The normalized spacial score (nSPS) is 26.5. The van der Waals surface area contributed by atoms with Gasteiger partial charge in [0.15, 0.2) is 0 Å². The van der Waals surface area contributed by atoms with Crippen LogP contribution in [-0.4, -0.2) is 20.2 Å². The number of rotatable bonds is 3. The number of benzene rings is 1. The molecule has 1 atom stereocenters. The van der Waals surface area contributed by atoms with E-state index in [1.807, 2.05) is 0 Å². The molecule has 0 aromatic heterocycles. The molecular weight excluding hydrogens is 210 g/mol. The summed E-state index contributed by atoms with van der Waals surface area (Å²) in [5, 5.41) is 3.51. The number of nitrogens with one attached hydrogen (secondary N) is 1. The highest BCUT2D eigenvalue weighted by atomic mass is 16.5. The molecule has 0 radical (unpaired) electrons. The molecule has 1 aromatic carbocycles. The monoisotopic (exact) mass is 231 g/mol. The van der Waals surface area contributed by atoms with Crippen LogP contribution in [0.1, 0.15) is 31.2 Å². The van der Waals surface area contributed by atoms with Crippen molar-refractivity contribution in [1.82, 2.24) is 5.32 Å². The van der Waals surface area contributed by atoms with Gasteiger partial charge in [0.25, 0.3) is 0 Å². The van der Waals surface area contributed by atoms with Gasteiger partial charge < -0.3 is 10.1 Å². The van der Waals surface area contributed by atoms with Crippen molar-refractivity contribution in [3.63, 3.8) is 0 Å². The van der Waals surface area contributed by atoms with Crippen molar-refractivity contribution in [2.45, 2.75) is 31.1 Å². The zero-order valence-corrected chi connectivity index (χ0v) is 10.5. The summed E-state index contributed by atoms with van der Waals surface area (Å²) in [6.07, 6.45) is 5.46. The van der Waals surface area contributed by atoms with Gasteiger partial charge in [-0.05, 0) is 61.4 Å². The predicted octanol–water partition coefficient (Wildman–Crippen LogP) is 2.73. The summed E-state index contributed by atoms with van der Waals surface area (Å²) < 4.78 is 5.25. The molecule has 17 heavy (non-hydrogen) atoms. The van der Waals surface area contributed by atoms with Gasteiger partial charge in [0, 0.05) is 0 Å². The summed E-state index contributed by atoms with van der Waals surface area (Å²) in [4.78, 5) is 0. The molecule has 1 heterocycles. The van der Waals surface area contributed by atoms with Crippen molar-refractivity contribution in [2.24, 2.45) is 5.92 Å². The van der Waals surface area contributed by atoms with Crippen LogP contribution in [0.5, 0.6) is 5.75 Å². The molecule has 0 spiro atoms. The first-order valence-electron chi connectivity index (χ1n) is 6.70. The fraction of sp³-hybridized carbons (Fsp3) is 0.600. The van der Waals surface area contributed by atoms with Gasteiger partial charge in [-0.2, -0.15) is 0 Å². The van der Waals surface area contributed by atoms with Crippen molar-refractivity contribution >= 4 is 0 Å². The van der Waals surface area contributed by atoms with Crippen molar-refractivity contribution in [2.75, 3.05) is 20.2 Å². The van der Waals surface area contributed by atoms with Crippen molar-refractivity contribution in [3.05, 3.63) is 29.8 Å². The standard InChI is InChI=1S/C15H21NO/c1-17-14-5-3-12(4-6-14)15(8-2-9-15)13-7-10-16-11-13/h3-6,13,16H,2,7-11H2,1H3. The molecule has 2 aliphatic rings. The molecule has 1 N–H and O–H groups in total. The average Bonchev–Trinajstić information content (AvgIpc) is 2.83. The van der Waals surface area contributed by atoms with E-state index in [1.54, 1.807) is 7.11 Å². The molecule has 0 amide bonds. The van der Waals surface area contributed by atoms with E-state index in [9.17, 15) is 0 Å². The van der Waals surface area contributed by atoms with Crippen molar-refractivity contribution in [1.29, 1.82) is 0 Å². The van der Waals surface area contributed by atoms with E-state index in [4.69, 9.17) is 4.74 Å². The van der Waals surface area contributed by atoms with Crippen molar-refractivity contribution < 1.29 is 4.74 Å². The summed E-state index contributed by atoms with van der Waals surface area (Å²) in [5.41, 5.74) is 1.99. The van der Waals surface area contributed by atoms with Crippen LogP contribution in [0.4, 0.5) is 0 Å². The molecule has 1 saturated heterocycles. The molecule has 2 fully saturated rings. The summed E-state index contributed by atoms with van der Waals surface area (Å²) in [5.74, 6) is 1.80. The van der Waals surface area contributed by atoms with Gasteiger partial charge >= 0.3 is 0 Å². The Balaban J connectivity index is 1.88. The Morgan fingerprint density at radius 3 is 2.47 bits per heavy atom. The number of ether oxygens (including phenoxy) is 1. The molecule has 2 heteroatoms. The quantitative estimate of drug-likeness (QED) is 0.863. The Hall–Kier alpha value is -1.02. The second kappa shape index (κ2) is 4.34. The highest BCUT2D eigenvalue weighted by molar-refractivity contribution is 5.35. The minimum Gasteiger partial charge on any atom is -0.497 e. The van der Waals surface area contributed by atoms with E-state index in [0.717, 1.165) is 11.7 Å². The van der Waals surface area contributed by atoms with Crippen LogP contribution in [0.3, 0.4) is 0 Å². The van der Waals surface area contributed by atoms with Gasteiger partial charge in [-0.25, -0.2) is 0 Å². The summed E-state index contributed by atoms with van der Waals surface area (Å²) in [7, 11) is 1.73. The summed E-state index contributed by atoms with van der Waals surface area (Å²) in [6.45, 7) is 2.40. The smallest absolute Gasteiger partial charge is 0.118 e. The first-order valence-corrected chi connectivity index (χ1v) is 6.70. The van der Waals surface area contributed by atoms with Crippen LogP contribution >= 0.6 is 0 Å². The Labute approximate surface area is 103 Å². The number of methoxy groups -OCH3 is 1. The first-order chi connectivity index (χ1) is 8.35. The molecule has 1 saturated carbocycles. The maximum atomic E-state index is 5.25. The molecule has 92 valence electrons. The molecule has 1 unspecified atom stereocenters. The minimum absolute atomic E-state index is 0.468. The Kier molecular flexibility index (Phi) is 2.83. The SMILES string of the molecule is COc1ccc(C2(C3CCNC3)CCC2)cc1. The van der Waals surface area contributed by atoms with Crippen LogP contribution in [0, 0.1) is 5.92 Å². The zero-order valence-electron chi connectivity index (χ0n) is 10.5. The van der Waals surface area contributed by atoms with Gasteiger partial charge in [0.05, 0.1) is 7.11 Å². The van der Waals surface area contributed by atoms with Crippen LogP contribution in [-0.2, 0) is 5.41 Å². The lowest BCUT2D eigenvalue weighted by Gasteiger charge is -2.47. The van der Waals surface area contributed by atoms with E-state index < -0.39 is 0 Å². The zero-order chi connectivity index (χ0) is 11.7. The topological polar surface area (TPSA) is 21.3 Å². The van der Waals surface area contributed by atoms with Gasteiger partial charge in [0.2, 0.25) is 0 Å². The number of hydrogen-bond acceptors (Lipinski definition) is 2. The van der Waals surface area contributed by atoms with Crippen LogP contribution in [0.2, 0.25) is 0 Å². The van der Waals surface area contributed by atoms with Crippen LogP contribution in [0.25, 0.3) is 0 Å². The fourth-order valence-electron chi connectivity index (χ4n) is 3.54. The first kappa shape index (κ1) is 11.1. The van der Waals surface area contributed by atoms with Gasteiger partial charge in [0.1, 0.15) is 5.75 Å². The highest BCUT2D eigenvalue weighted by Gasteiger charge is 2.45. The lowest BCUT2D eigenvalue weighted by molar-refractivity contribution is 0.157. The van der Waals surface area contributed by atoms with Crippen molar-refractivity contribution in [3.8, 4) is 5.75 Å². The molecular formula is C15H21NO. The fourth-order valence-corrected chi connectivity index (χ4v) is 3.54. The maximum absolute atomic E-state index is 5.25. The maximum Gasteiger partial charge on any atom is 0.118 e. The lowest BCUT2D eigenvalue weighted by Crippen LogP contribution is -2.42. The largest absolute Gasteiger partial charge is 0.497 e. The van der Waals surface area contributed by atoms with E-state index in [2.05, 4.69) is 29.6 Å². The molecule has 3 rings (SSSR count). The molecule has 1 aromatic rings. The summed E-state index contributed by atoms with van der Waals surface area (Å²) >= 11 is 0. The van der Waals surface area contributed by atoms with E-state index >= 15 is 0 Å². The average molecular weight is 231 g/mol.